The van der Waals surface area contributed by atoms with Gasteiger partial charge in [-0.2, -0.15) is 26.3 Å². The Hall–Kier alpha value is -2.07. The van der Waals surface area contributed by atoms with Crippen LogP contribution in [0.5, 0.6) is 0 Å². The smallest absolute Gasteiger partial charge is 0.207 e. The van der Waals surface area contributed by atoms with E-state index in [0.717, 1.165) is 12.0 Å². The molecule has 30 heavy (non-hydrogen) atoms. The fourth-order valence-electron chi connectivity index (χ4n) is 2.67. The second kappa shape index (κ2) is 8.22. The molecule has 0 amide bonds. The number of rotatable bonds is 6. The van der Waals surface area contributed by atoms with Crippen molar-refractivity contribution in [2.24, 2.45) is 0 Å². The van der Waals surface area contributed by atoms with Crippen molar-refractivity contribution in [3.8, 4) is 0 Å². The highest BCUT2D eigenvalue weighted by molar-refractivity contribution is 7.89. The van der Waals surface area contributed by atoms with Gasteiger partial charge in [0, 0.05) is 6.54 Å². The molecule has 0 saturated carbocycles. The predicted molar refractivity (Wildman–Crippen MR) is 100 cm³/mol. The fourth-order valence-corrected chi connectivity index (χ4v) is 3.69. The molecule has 0 aliphatic rings. The first-order valence-corrected chi connectivity index (χ1v) is 10.4. The van der Waals surface area contributed by atoms with Gasteiger partial charge >= 0.3 is 12.4 Å². The van der Waals surface area contributed by atoms with Gasteiger partial charge < -0.3 is 0 Å². The summed E-state index contributed by atoms with van der Waals surface area (Å²) >= 11 is 0. The first-order chi connectivity index (χ1) is 13.6. The SMILES string of the molecule is CCC(C)(C)c1ccc(S(=O)(=O)NCc2cc(C(F)(F)F)cc(C(F)(F)F)c2)cc1. The summed E-state index contributed by atoms with van der Waals surface area (Å²) in [4.78, 5) is -0.138. The molecule has 0 fully saturated rings. The van der Waals surface area contributed by atoms with Gasteiger partial charge in [-0.25, -0.2) is 13.1 Å². The van der Waals surface area contributed by atoms with E-state index in [2.05, 4.69) is 4.72 Å². The van der Waals surface area contributed by atoms with Gasteiger partial charge in [0.25, 0.3) is 0 Å². The zero-order valence-electron chi connectivity index (χ0n) is 16.4. The number of hydrogen-bond acceptors (Lipinski definition) is 2. The Labute approximate surface area is 171 Å². The van der Waals surface area contributed by atoms with Crippen LogP contribution in [-0.4, -0.2) is 8.42 Å². The maximum Gasteiger partial charge on any atom is 0.416 e. The van der Waals surface area contributed by atoms with Crippen molar-refractivity contribution in [2.75, 3.05) is 0 Å². The summed E-state index contributed by atoms with van der Waals surface area (Å²) in [6.07, 6.45) is -9.19. The Morgan fingerprint density at radius 3 is 1.67 bits per heavy atom. The third-order valence-electron chi connectivity index (χ3n) is 4.94. The molecule has 3 nitrogen and oxygen atoms in total. The summed E-state index contributed by atoms with van der Waals surface area (Å²) in [5.74, 6) is 0. The lowest BCUT2D eigenvalue weighted by atomic mass is 9.82. The minimum absolute atomic E-state index is 0.00773. The normalized spacial score (nSPS) is 13.5. The fraction of sp³-hybridized carbons (Fsp3) is 0.400. The van der Waals surface area contributed by atoms with Crippen LogP contribution < -0.4 is 4.72 Å². The van der Waals surface area contributed by atoms with Gasteiger partial charge in [0.1, 0.15) is 0 Å². The minimum atomic E-state index is -5.00. The predicted octanol–water partition coefficient (Wildman–Crippen LogP) is 5.89. The van der Waals surface area contributed by atoms with E-state index < -0.39 is 45.6 Å². The molecule has 0 unspecified atom stereocenters. The topological polar surface area (TPSA) is 46.2 Å². The number of hydrogen-bond donors (Lipinski definition) is 1. The monoisotopic (exact) mass is 453 g/mol. The number of benzene rings is 2. The van der Waals surface area contributed by atoms with E-state index in [-0.39, 0.29) is 16.4 Å². The van der Waals surface area contributed by atoms with Crippen molar-refractivity contribution in [3.05, 3.63) is 64.7 Å². The molecular weight excluding hydrogens is 432 g/mol. The molecular formula is C20H21F6NO2S. The van der Waals surface area contributed by atoms with Crippen LogP contribution in [0.3, 0.4) is 0 Å². The largest absolute Gasteiger partial charge is 0.416 e. The number of halogens is 6. The number of nitrogens with one attached hydrogen (secondary N) is 1. The molecule has 1 N–H and O–H groups in total. The standard InChI is InChI=1S/C20H21F6NO2S/c1-4-18(2,3)14-5-7-17(8-6-14)30(28,29)27-12-13-9-15(19(21,22)23)11-16(10-13)20(24,25)26/h5-11,27H,4,12H2,1-3H3. The third kappa shape index (κ3) is 5.75. The molecule has 0 aromatic heterocycles. The van der Waals surface area contributed by atoms with Gasteiger partial charge in [-0.1, -0.05) is 32.9 Å². The van der Waals surface area contributed by atoms with Crippen molar-refractivity contribution in [1.29, 1.82) is 0 Å². The highest BCUT2D eigenvalue weighted by Gasteiger charge is 2.37. The van der Waals surface area contributed by atoms with E-state index in [1.165, 1.54) is 12.1 Å². The summed E-state index contributed by atoms with van der Waals surface area (Å²) < 4.78 is 105. The second-order valence-electron chi connectivity index (χ2n) is 7.50. The van der Waals surface area contributed by atoms with Crippen LogP contribution in [-0.2, 0) is 34.3 Å². The molecule has 166 valence electrons. The van der Waals surface area contributed by atoms with Crippen LogP contribution in [0.2, 0.25) is 0 Å². The van der Waals surface area contributed by atoms with Crippen LogP contribution in [0.4, 0.5) is 26.3 Å². The Kier molecular flexibility index (Phi) is 6.63. The lowest BCUT2D eigenvalue weighted by Crippen LogP contribution is -2.24. The average Bonchev–Trinajstić information content (AvgIpc) is 2.65. The molecule has 10 heteroatoms. The molecule has 0 radical (unpaired) electrons. The molecule has 0 spiro atoms. The molecule has 0 heterocycles. The third-order valence-corrected chi connectivity index (χ3v) is 6.36. The van der Waals surface area contributed by atoms with E-state index >= 15 is 0 Å². The lowest BCUT2D eigenvalue weighted by molar-refractivity contribution is -0.143. The molecule has 2 rings (SSSR count). The number of alkyl halides is 6. The van der Waals surface area contributed by atoms with Gasteiger partial charge in [0.15, 0.2) is 0 Å². The molecule has 0 aliphatic heterocycles. The maximum absolute atomic E-state index is 12.9. The number of sulfonamides is 1. The van der Waals surface area contributed by atoms with Crippen LogP contribution in [0, 0.1) is 0 Å². The summed E-state index contributed by atoms with van der Waals surface area (Å²) in [7, 11) is -4.14. The summed E-state index contributed by atoms with van der Waals surface area (Å²) in [5, 5.41) is 0. The molecule has 0 saturated heterocycles. The maximum atomic E-state index is 12.9. The lowest BCUT2D eigenvalue weighted by Gasteiger charge is -2.23. The zero-order chi connectivity index (χ0) is 23.0. The molecule has 0 bridgehead atoms. The average molecular weight is 453 g/mol. The van der Waals surface area contributed by atoms with Crippen LogP contribution in [0.1, 0.15) is 49.4 Å². The van der Waals surface area contributed by atoms with Crippen LogP contribution >= 0.6 is 0 Å². The quantitative estimate of drug-likeness (QED) is 0.555. The van der Waals surface area contributed by atoms with Crippen LogP contribution in [0.15, 0.2) is 47.4 Å². The molecule has 0 aliphatic carbocycles. The molecule has 2 aromatic carbocycles. The van der Waals surface area contributed by atoms with E-state index in [1.807, 2.05) is 20.8 Å². The first-order valence-electron chi connectivity index (χ1n) is 8.95. The van der Waals surface area contributed by atoms with Crippen LogP contribution in [0.25, 0.3) is 0 Å². The summed E-state index contributed by atoms with van der Waals surface area (Å²) in [6, 6.07) is 6.93. The Bertz CT molecular complexity index is 961. The Morgan fingerprint density at radius 2 is 1.27 bits per heavy atom. The molecule has 2 aromatic rings. The minimum Gasteiger partial charge on any atom is -0.207 e. The van der Waals surface area contributed by atoms with Crippen molar-refractivity contribution in [2.45, 2.75) is 56.4 Å². The van der Waals surface area contributed by atoms with Crippen molar-refractivity contribution >= 4 is 10.0 Å². The Balaban J connectivity index is 2.29. The second-order valence-corrected chi connectivity index (χ2v) is 9.27. The van der Waals surface area contributed by atoms with E-state index in [9.17, 15) is 34.8 Å². The summed E-state index contributed by atoms with van der Waals surface area (Å²) in [5.41, 5.74) is -2.74. The van der Waals surface area contributed by atoms with Gasteiger partial charge in [0.05, 0.1) is 16.0 Å². The van der Waals surface area contributed by atoms with E-state index in [0.29, 0.717) is 12.1 Å². The molecule has 0 atom stereocenters. The van der Waals surface area contributed by atoms with Crippen molar-refractivity contribution < 1.29 is 34.8 Å². The highest BCUT2D eigenvalue weighted by atomic mass is 32.2. The van der Waals surface area contributed by atoms with Gasteiger partial charge in [0.2, 0.25) is 10.0 Å². The van der Waals surface area contributed by atoms with Crippen molar-refractivity contribution in [1.82, 2.24) is 4.72 Å². The summed E-state index contributed by atoms with van der Waals surface area (Å²) in [6.45, 7) is 5.23. The zero-order valence-corrected chi connectivity index (χ0v) is 17.3. The van der Waals surface area contributed by atoms with Crippen molar-refractivity contribution in [3.63, 3.8) is 0 Å². The Morgan fingerprint density at radius 1 is 0.800 bits per heavy atom. The van der Waals surface area contributed by atoms with Gasteiger partial charge in [-0.3, -0.25) is 0 Å². The highest BCUT2D eigenvalue weighted by Crippen LogP contribution is 2.36. The van der Waals surface area contributed by atoms with Gasteiger partial charge in [-0.05, 0) is 53.3 Å². The van der Waals surface area contributed by atoms with E-state index in [4.69, 9.17) is 0 Å². The van der Waals surface area contributed by atoms with Gasteiger partial charge in [-0.15, -0.1) is 0 Å². The van der Waals surface area contributed by atoms with E-state index in [1.54, 1.807) is 12.1 Å². The first kappa shape index (κ1) is 24.2.